The number of carboxylic acid groups (broad SMARTS) is 1. The van der Waals surface area contributed by atoms with Crippen LogP contribution in [0.3, 0.4) is 0 Å². The molecule has 31 heavy (non-hydrogen) atoms. The first-order valence-corrected chi connectivity index (χ1v) is 10.8. The third-order valence-corrected chi connectivity index (χ3v) is 7.01. The van der Waals surface area contributed by atoms with Crippen LogP contribution >= 0.6 is 23.7 Å². The number of aromatic carboxylic acids is 1. The molecule has 1 saturated heterocycles. The van der Waals surface area contributed by atoms with Gasteiger partial charge in [-0.1, -0.05) is 6.92 Å². The second kappa shape index (κ2) is 7.89. The molecule has 1 aromatic carbocycles. The molecule has 1 aliphatic heterocycles. The normalized spacial score (nSPS) is 17.5. The minimum Gasteiger partial charge on any atom is -0.477 e. The van der Waals surface area contributed by atoms with E-state index in [1.165, 1.54) is 17.4 Å². The van der Waals surface area contributed by atoms with E-state index in [1.54, 1.807) is 16.8 Å². The Morgan fingerprint density at radius 3 is 2.90 bits per heavy atom. The van der Waals surface area contributed by atoms with Gasteiger partial charge in [-0.15, -0.1) is 23.7 Å². The van der Waals surface area contributed by atoms with Crippen molar-refractivity contribution in [1.82, 2.24) is 9.72 Å². The number of benzene rings is 1. The number of anilines is 1. The van der Waals surface area contributed by atoms with Crippen LogP contribution in [0.2, 0.25) is 0 Å². The monoisotopic (exact) mass is 464 g/mol. The Kier molecular flexibility index (Phi) is 5.53. The summed E-state index contributed by atoms with van der Waals surface area (Å²) in [6.45, 7) is 5.28. The van der Waals surface area contributed by atoms with Gasteiger partial charge >= 0.3 is 5.97 Å². The molecule has 1 unspecified atom stereocenters. The number of nitrogens with zero attached hydrogens (tertiary/aromatic N) is 3. The summed E-state index contributed by atoms with van der Waals surface area (Å²) in [6.07, 6.45) is 0.955. The van der Waals surface area contributed by atoms with Crippen molar-refractivity contribution in [2.45, 2.75) is 13.3 Å². The molecular weight excluding hydrogens is 443 g/mol. The Morgan fingerprint density at radius 2 is 2.23 bits per heavy atom. The number of thiazole rings is 1. The van der Waals surface area contributed by atoms with E-state index >= 15 is 4.39 Å². The maximum Gasteiger partial charge on any atom is 0.342 e. The van der Waals surface area contributed by atoms with Gasteiger partial charge in [0.25, 0.3) is 0 Å². The molecule has 0 saturated carbocycles. The van der Waals surface area contributed by atoms with E-state index in [-0.39, 0.29) is 23.4 Å². The fourth-order valence-electron chi connectivity index (χ4n) is 4.77. The van der Waals surface area contributed by atoms with E-state index in [0.29, 0.717) is 38.2 Å². The van der Waals surface area contributed by atoms with Crippen molar-refractivity contribution in [3.8, 4) is 0 Å². The quantitative estimate of drug-likeness (QED) is 0.474. The lowest BCUT2D eigenvalue weighted by Crippen LogP contribution is -2.27. The van der Waals surface area contributed by atoms with Crippen molar-refractivity contribution >= 4 is 62.0 Å². The Bertz CT molecular complexity index is 1420. The van der Waals surface area contributed by atoms with Crippen LogP contribution in [0.15, 0.2) is 21.2 Å². The summed E-state index contributed by atoms with van der Waals surface area (Å²) in [6, 6.07) is 1.20. The molecule has 10 heteroatoms. The molecule has 5 rings (SSSR count). The van der Waals surface area contributed by atoms with Crippen molar-refractivity contribution in [2.75, 3.05) is 38.1 Å². The first-order valence-electron chi connectivity index (χ1n) is 9.96. The topological polar surface area (TPSA) is 86.4 Å². The number of halogens is 2. The van der Waals surface area contributed by atoms with Crippen molar-refractivity contribution in [1.29, 1.82) is 0 Å². The summed E-state index contributed by atoms with van der Waals surface area (Å²) >= 11 is 1.20. The average molecular weight is 465 g/mol. The number of carbonyl (C=O) groups is 1. The first kappa shape index (κ1) is 21.7. The van der Waals surface area contributed by atoms with Crippen LogP contribution in [0.25, 0.3) is 26.6 Å². The third kappa shape index (κ3) is 2.98. The predicted molar refractivity (Wildman–Crippen MR) is 123 cm³/mol. The Hall–Kier alpha value is -2.49. The number of carboxylic acids is 1. The SMILES string of the molecule is CCNCC1CCN(c2c(F)cc3c(=O)c(C(=O)O)c4scc5c(=NC)c2c3n45)C1.Cl. The van der Waals surface area contributed by atoms with E-state index in [2.05, 4.69) is 17.2 Å². The molecule has 2 N–H and O–H groups in total. The molecule has 164 valence electrons. The van der Waals surface area contributed by atoms with Gasteiger partial charge in [0.15, 0.2) is 0 Å². The molecule has 4 heterocycles. The standard InChI is InChI=1S/C21H21FN4O3S.ClH/c1-3-24-7-10-4-5-25(8-10)18-12(22)6-11-17-14(18)16(23-2)13-9-30-20(26(13)17)15(19(11)27)21(28)29;/h6,9-10,24H,3-5,7-8H2,1-2H3,(H,28,29);1H. The lowest BCUT2D eigenvalue weighted by atomic mass is 10.1. The van der Waals surface area contributed by atoms with Crippen LogP contribution in [0.5, 0.6) is 0 Å². The van der Waals surface area contributed by atoms with Crippen LogP contribution < -0.4 is 21.0 Å². The van der Waals surface area contributed by atoms with Gasteiger partial charge in [0.05, 0.1) is 32.9 Å². The van der Waals surface area contributed by atoms with Crippen LogP contribution in [0.1, 0.15) is 23.7 Å². The van der Waals surface area contributed by atoms with Gasteiger partial charge in [0, 0.05) is 25.5 Å². The fourth-order valence-corrected chi connectivity index (χ4v) is 5.81. The van der Waals surface area contributed by atoms with E-state index in [0.717, 1.165) is 32.6 Å². The van der Waals surface area contributed by atoms with Crippen LogP contribution in [0.4, 0.5) is 10.1 Å². The van der Waals surface area contributed by atoms with E-state index < -0.39 is 17.2 Å². The zero-order valence-corrected chi connectivity index (χ0v) is 18.7. The molecule has 7 nitrogen and oxygen atoms in total. The van der Waals surface area contributed by atoms with Gasteiger partial charge in [-0.3, -0.25) is 14.2 Å². The van der Waals surface area contributed by atoms with Gasteiger partial charge in [0.1, 0.15) is 16.2 Å². The average Bonchev–Trinajstić information content (AvgIpc) is 3.41. The highest BCUT2D eigenvalue weighted by molar-refractivity contribution is 7.16. The minimum atomic E-state index is -1.30. The number of pyridine rings is 1. The van der Waals surface area contributed by atoms with Crippen LogP contribution in [0, 0.1) is 11.7 Å². The van der Waals surface area contributed by atoms with Crippen LogP contribution in [-0.2, 0) is 0 Å². The maximum atomic E-state index is 15.5. The van der Waals surface area contributed by atoms with Gasteiger partial charge in [-0.2, -0.15) is 0 Å². The molecule has 1 atom stereocenters. The second-order valence-electron chi connectivity index (χ2n) is 7.73. The number of nitrogens with one attached hydrogen (secondary N) is 1. The smallest absolute Gasteiger partial charge is 0.342 e. The van der Waals surface area contributed by atoms with Gasteiger partial charge < -0.3 is 15.3 Å². The number of rotatable bonds is 5. The van der Waals surface area contributed by atoms with E-state index in [4.69, 9.17) is 0 Å². The number of hydrogen-bond acceptors (Lipinski definition) is 6. The minimum absolute atomic E-state index is 0. The summed E-state index contributed by atoms with van der Waals surface area (Å²) in [4.78, 5) is 31.6. The number of hydrogen-bond donors (Lipinski definition) is 2. The summed E-state index contributed by atoms with van der Waals surface area (Å²) in [7, 11) is 1.64. The molecular formula is C21H22ClFN4O3S. The first-order chi connectivity index (χ1) is 14.5. The molecule has 0 spiro atoms. The molecule has 1 fully saturated rings. The lowest BCUT2D eigenvalue weighted by Gasteiger charge is -2.21. The van der Waals surface area contributed by atoms with Crippen molar-refractivity contribution < 1.29 is 14.3 Å². The van der Waals surface area contributed by atoms with Gasteiger partial charge in [-0.05, 0) is 31.5 Å². The van der Waals surface area contributed by atoms with E-state index in [1.807, 2.05) is 4.90 Å². The highest BCUT2D eigenvalue weighted by Crippen LogP contribution is 2.38. The molecule has 4 aromatic rings. The van der Waals surface area contributed by atoms with Gasteiger partial charge in [-0.25, -0.2) is 9.18 Å². The third-order valence-electron chi connectivity index (χ3n) is 6.06. The molecule has 0 amide bonds. The zero-order chi connectivity index (χ0) is 21.2. The van der Waals surface area contributed by atoms with Crippen LogP contribution in [-0.4, -0.2) is 48.7 Å². The highest BCUT2D eigenvalue weighted by Gasteiger charge is 2.31. The Labute approximate surface area is 186 Å². The molecule has 0 bridgehead atoms. The van der Waals surface area contributed by atoms with E-state index in [9.17, 15) is 14.7 Å². The largest absolute Gasteiger partial charge is 0.477 e. The lowest BCUT2D eigenvalue weighted by molar-refractivity contribution is 0.0697. The van der Waals surface area contributed by atoms with Gasteiger partial charge in [0.2, 0.25) is 5.43 Å². The summed E-state index contributed by atoms with van der Waals surface area (Å²) in [5.41, 5.74) is 0.751. The molecule has 0 aliphatic carbocycles. The Balaban J connectivity index is 0.00000231. The van der Waals surface area contributed by atoms with Crippen molar-refractivity contribution in [2.24, 2.45) is 10.9 Å². The predicted octanol–water partition coefficient (Wildman–Crippen LogP) is 2.77. The highest BCUT2D eigenvalue weighted by atomic mass is 35.5. The fraction of sp³-hybridized carbons (Fsp3) is 0.381. The maximum absolute atomic E-state index is 15.5. The summed E-state index contributed by atoms with van der Waals surface area (Å²) < 4.78 is 17.2. The molecule has 0 radical (unpaired) electrons. The second-order valence-corrected chi connectivity index (χ2v) is 8.59. The molecule has 1 aliphatic rings. The number of aromatic nitrogens is 1. The zero-order valence-electron chi connectivity index (χ0n) is 17.1. The molecule has 3 aromatic heterocycles. The summed E-state index contributed by atoms with van der Waals surface area (Å²) in [5.74, 6) is -1.40. The van der Waals surface area contributed by atoms with Crippen molar-refractivity contribution in [3.63, 3.8) is 0 Å². The van der Waals surface area contributed by atoms with Crippen molar-refractivity contribution in [3.05, 3.63) is 38.4 Å². The summed E-state index contributed by atoms with van der Waals surface area (Å²) in [5, 5.41) is 16.1. The Morgan fingerprint density at radius 1 is 1.45 bits per heavy atom.